The number of nitrogens with zero attached hydrogens (tertiary/aromatic N) is 1. The van der Waals surface area contributed by atoms with E-state index in [4.69, 9.17) is 4.74 Å². The normalized spacial score (nSPS) is 11.4. The number of hydrogen-bond donors (Lipinski definition) is 1. The summed E-state index contributed by atoms with van der Waals surface area (Å²) < 4.78 is 5.41. The Kier molecular flexibility index (Phi) is 8.81. The maximum Gasteiger partial charge on any atom is 0.410 e. The van der Waals surface area contributed by atoms with Crippen LogP contribution in [0.25, 0.3) is 0 Å². The predicted molar refractivity (Wildman–Crippen MR) is 75.9 cm³/mol. The van der Waals surface area contributed by atoms with Crippen LogP contribution in [0.3, 0.4) is 0 Å². The predicted octanol–water partition coefficient (Wildman–Crippen LogP) is 3.02. The summed E-state index contributed by atoms with van der Waals surface area (Å²) in [5, 5.41) is 3.13. The molecule has 0 aromatic heterocycles. The van der Waals surface area contributed by atoms with Crippen molar-refractivity contribution in [2.45, 2.75) is 59.0 Å². The fourth-order valence-electron chi connectivity index (χ4n) is 1.67. The highest BCUT2D eigenvalue weighted by molar-refractivity contribution is 5.68. The monoisotopic (exact) mass is 258 g/mol. The third kappa shape index (κ3) is 9.28. The van der Waals surface area contributed by atoms with Gasteiger partial charge in [-0.25, -0.2) is 4.79 Å². The molecule has 0 spiro atoms. The van der Waals surface area contributed by atoms with Crippen LogP contribution in [0.15, 0.2) is 0 Å². The number of ether oxygens (including phenoxy) is 1. The summed E-state index contributed by atoms with van der Waals surface area (Å²) >= 11 is 0. The van der Waals surface area contributed by atoms with E-state index in [1.807, 2.05) is 32.7 Å². The van der Waals surface area contributed by atoms with Gasteiger partial charge in [-0.3, -0.25) is 0 Å². The molecule has 4 nitrogen and oxygen atoms in total. The van der Waals surface area contributed by atoms with Crippen molar-refractivity contribution in [2.75, 3.05) is 26.7 Å². The van der Waals surface area contributed by atoms with E-state index in [1.165, 1.54) is 0 Å². The quantitative estimate of drug-likeness (QED) is 0.680. The molecule has 4 heteroatoms. The average molecular weight is 258 g/mol. The van der Waals surface area contributed by atoms with Crippen LogP contribution >= 0.6 is 0 Å². The molecule has 0 rings (SSSR count). The number of hydrogen-bond acceptors (Lipinski definition) is 3. The lowest BCUT2D eigenvalue weighted by atomic mass is 10.2. The third-order valence-corrected chi connectivity index (χ3v) is 2.50. The second kappa shape index (κ2) is 9.20. The summed E-state index contributed by atoms with van der Waals surface area (Å²) in [6.45, 7) is 10.4. The van der Waals surface area contributed by atoms with Crippen molar-refractivity contribution >= 4 is 6.09 Å². The van der Waals surface area contributed by atoms with Gasteiger partial charge in [0.15, 0.2) is 0 Å². The Labute approximate surface area is 112 Å². The largest absolute Gasteiger partial charge is 0.444 e. The van der Waals surface area contributed by atoms with Gasteiger partial charge in [0.1, 0.15) is 5.60 Å². The number of rotatable bonds is 8. The highest BCUT2D eigenvalue weighted by Crippen LogP contribution is 2.11. The van der Waals surface area contributed by atoms with Crippen LogP contribution in [0, 0.1) is 0 Å². The van der Waals surface area contributed by atoms with Gasteiger partial charge in [0.25, 0.3) is 0 Å². The SMILES string of the molecule is CCCN(CCCCCNC)C(=O)OC(C)(C)C. The molecule has 0 aliphatic carbocycles. The van der Waals surface area contributed by atoms with E-state index >= 15 is 0 Å². The molecule has 1 amide bonds. The van der Waals surface area contributed by atoms with Gasteiger partial charge >= 0.3 is 6.09 Å². The molecule has 108 valence electrons. The van der Waals surface area contributed by atoms with E-state index in [1.54, 1.807) is 0 Å². The number of carbonyl (C=O) groups excluding carboxylic acids is 1. The Morgan fingerprint density at radius 1 is 1.17 bits per heavy atom. The van der Waals surface area contributed by atoms with E-state index in [2.05, 4.69) is 12.2 Å². The zero-order valence-corrected chi connectivity index (χ0v) is 12.7. The van der Waals surface area contributed by atoms with Gasteiger partial charge in [-0.2, -0.15) is 0 Å². The van der Waals surface area contributed by atoms with Crippen LogP contribution < -0.4 is 5.32 Å². The minimum Gasteiger partial charge on any atom is -0.444 e. The molecule has 0 aliphatic rings. The maximum atomic E-state index is 12.0. The van der Waals surface area contributed by atoms with Crippen LogP contribution in [-0.4, -0.2) is 43.3 Å². The average Bonchev–Trinajstić information content (AvgIpc) is 2.25. The van der Waals surface area contributed by atoms with Crippen LogP contribution in [0.4, 0.5) is 4.79 Å². The molecule has 18 heavy (non-hydrogen) atoms. The van der Waals surface area contributed by atoms with Crippen LogP contribution in [0.1, 0.15) is 53.4 Å². The second-order valence-electron chi connectivity index (χ2n) is 5.63. The first-order valence-electron chi connectivity index (χ1n) is 7.03. The lowest BCUT2D eigenvalue weighted by Crippen LogP contribution is -2.37. The second-order valence-corrected chi connectivity index (χ2v) is 5.63. The molecule has 0 saturated heterocycles. The van der Waals surface area contributed by atoms with E-state index in [9.17, 15) is 4.79 Å². The van der Waals surface area contributed by atoms with Gasteiger partial charge in [0.2, 0.25) is 0 Å². The van der Waals surface area contributed by atoms with Gasteiger partial charge in [-0.05, 0) is 53.6 Å². The molecule has 0 saturated carbocycles. The number of amides is 1. The van der Waals surface area contributed by atoms with Crippen LogP contribution in [0.2, 0.25) is 0 Å². The summed E-state index contributed by atoms with van der Waals surface area (Å²) in [6, 6.07) is 0. The molecular weight excluding hydrogens is 228 g/mol. The Hall–Kier alpha value is -0.770. The Balaban J connectivity index is 4.01. The summed E-state index contributed by atoms with van der Waals surface area (Å²) in [5.74, 6) is 0. The molecule has 0 bridgehead atoms. The molecule has 0 fully saturated rings. The Morgan fingerprint density at radius 2 is 1.83 bits per heavy atom. The summed E-state index contributed by atoms with van der Waals surface area (Å²) in [4.78, 5) is 13.8. The van der Waals surface area contributed by atoms with E-state index in [0.717, 1.165) is 45.3 Å². The lowest BCUT2D eigenvalue weighted by Gasteiger charge is -2.27. The van der Waals surface area contributed by atoms with Gasteiger partial charge in [0, 0.05) is 13.1 Å². The first-order valence-corrected chi connectivity index (χ1v) is 7.03. The molecule has 0 heterocycles. The van der Waals surface area contributed by atoms with Crippen molar-refractivity contribution in [1.82, 2.24) is 10.2 Å². The van der Waals surface area contributed by atoms with Gasteiger partial charge in [-0.1, -0.05) is 13.3 Å². The topological polar surface area (TPSA) is 41.6 Å². The van der Waals surface area contributed by atoms with Crippen molar-refractivity contribution in [1.29, 1.82) is 0 Å². The van der Waals surface area contributed by atoms with Crippen molar-refractivity contribution in [2.24, 2.45) is 0 Å². The molecule has 0 aromatic carbocycles. The van der Waals surface area contributed by atoms with Gasteiger partial charge in [0.05, 0.1) is 0 Å². The van der Waals surface area contributed by atoms with Crippen LogP contribution in [-0.2, 0) is 4.74 Å². The maximum absolute atomic E-state index is 12.0. The van der Waals surface area contributed by atoms with Crippen LogP contribution in [0.5, 0.6) is 0 Å². The number of nitrogens with one attached hydrogen (secondary N) is 1. The smallest absolute Gasteiger partial charge is 0.410 e. The standard InChI is InChI=1S/C14H30N2O2/c1-6-11-16(12-9-7-8-10-15-5)13(17)18-14(2,3)4/h15H,6-12H2,1-5H3. The van der Waals surface area contributed by atoms with E-state index < -0.39 is 5.60 Å². The summed E-state index contributed by atoms with van der Waals surface area (Å²) in [6.07, 6.45) is 4.13. The van der Waals surface area contributed by atoms with E-state index in [0.29, 0.717) is 0 Å². The lowest BCUT2D eigenvalue weighted by molar-refractivity contribution is 0.0247. The van der Waals surface area contributed by atoms with Crippen molar-refractivity contribution in [3.8, 4) is 0 Å². The van der Waals surface area contributed by atoms with Crippen molar-refractivity contribution < 1.29 is 9.53 Å². The first kappa shape index (κ1) is 17.2. The summed E-state index contributed by atoms with van der Waals surface area (Å²) in [5.41, 5.74) is -0.408. The molecule has 0 unspecified atom stereocenters. The van der Waals surface area contributed by atoms with Crippen molar-refractivity contribution in [3.63, 3.8) is 0 Å². The Bertz CT molecular complexity index is 224. The molecule has 1 N–H and O–H groups in total. The number of unbranched alkanes of at least 4 members (excludes halogenated alkanes) is 2. The minimum atomic E-state index is -0.408. The zero-order valence-electron chi connectivity index (χ0n) is 12.7. The minimum absolute atomic E-state index is 0.182. The summed E-state index contributed by atoms with van der Waals surface area (Å²) in [7, 11) is 1.96. The first-order chi connectivity index (χ1) is 8.40. The highest BCUT2D eigenvalue weighted by atomic mass is 16.6. The van der Waals surface area contributed by atoms with Gasteiger partial charge in [-0.15, -0.1) is 0 Å². The highest BCUT2D eigenvalue weighted by Gasteiger charge is 2.20. The third-order valence-electron chi connectivity index (χ3n) is 2.50. The molecule has 0 radical (unpaired) electrons. The Morgan fingerprint density at radius 3 is 2.33 bits per heavy atom. The van der Waals surface area contributed by atoms with Gasteiger partial charge < -0.3 is 15.0 Å². The number of carbonyl (C=O) groups is 1. The zero-order chi connectivity index (χ0) is 14.0. The van der Waals surface area contributed by atoms with E-state index in [-0.39, 0.29) is 6.09 Å². The fourth-order valence-corrected chi connectivity index (χ4v) is 1.67. The molecule has 0 atom stereocenters. The molecular formula is C14H30N2O2. The van der Waals surface area contributed by atoms with Crippen molar-refractivity contribution in [3.05, 3.63) is 0 Å². The molecule has 0 aromatic rings. The molecule has 0 aliphatic heterocycles. The fraction of sp³-hybridized carbons (Fsp3) is 0.929.